The smallest absolute Gasteiger partial charge is 0.189 e. The topological polar surface area (TPSA) is 34.2 Å². The van der Waals surface area contributed by atoms with E-state index in [1.807, 2.05) is 31.2 Å². The first-order valence-electron chi connectivity index (χ1n) is 9.45. The molecule has 2 aliphatic rings. The van der Waals surface area contributed by atoms with Crippen LogP contribution in [-0.2, 0) is 17.9 Å². The third kappa shape index (κ3) is 4.15. The highest BCUT2D eigenvalue weighted by atomic mass is 35.5. The fraction of sp³-hybridized carbons (Fsp3) is 0.429. The standard InChI is InChI=1S/C21H25ClN2O3/c1-2-26-20-6-4-3-5-19(20)24-9-7-23(8-10-24)13-16-11-18(22)12-17-14-25-15-27-21(16)17/h3-6,11-12H,2,7-10,13-15H2,1H3. The molecule has 6 heteroatoms. The molecule has 0 aliphatic carbocycles. The van der Waals surface area contributed by atoms with E-state index in [1.54, 1.807) is 0 Å². The summed E-state index contributed by atoms with van der Waals surface area (Å²) in [6.45, 7) is 8.32. The summed E-state index contributed by atoms with van der Waals surface area (Å²) in [4.78, 5) is 4.85. The summed E-state index contributed by atoms with van der Waals surface area (Å²) in [5.41, 5.74) is 3.36. The van der Waals surface area contributed by atoms with Crippen LogP contribution < -0.4 is 14.4 Å². The minimum absolute atomic E-state index is 0.309. The van der Waals surface area contributed by atoms with Gasteiger partial charge < -0.3 is 19.1 Å². The second-order valence-corrected chi connectivity index (χ2v) is 7.26. The average Bonchev–Trinajstić information content (AvgIpc) is 2.69. The number of halogens is 1. The highest BCUT2D eigenvalue weighted by Gasteiger charge is 2.22. The van der Waals surface area contributed by atoms with Gasteiger partial charge in [0.1, 0.15) is 11.5 Å². The highest BCUT2D eigenvalue weighted by Crippen LogP contribution is 2.33. The molecule has 2 heterocycles. The third-order valence-corrected chi connectivity index (χ3v) is 5.24. The minimum Gasteiger partial charge on any atom is -0.492 e. The van der Waals surface area contributed by atoms with Gasteiger partial charge in [0, 0.05) is 48.9 Å². The van der Waals surface area contributed by atoms with E-state index in [4.69, 9.17) is 25.8 Å². The molecule has 2 aliphatic heterocycles. The predicted octanol–water partition coefficient (Wildman–Crippen LogP) is 3.93. The maximum atomic E-state index is 6.30. The van der Waals surface area contributed by atoms with Crippen molar-refractivity contribution >= 4 is 17.3 Å². The maximum absolute atomic E-state index is 6.30. The number of nitrogens with zero attached hydrogens (tertiary/aromatic N) is 2. The Morgan fingerprint density at radius 1 is 1.11 bits per heavy atom. The Hall–Kier alpha value is -1.95. The molecule has 5 nitrogen and oxygen atoms in total. The summed E-state index contributed by atoms with van der Waals surface area (Å²) in [6, 6.07) is 12.2. The number of piperazine rings is 1. The van der Waals surface area contributed by atoms with Gasteiger partial charge in [-0.25, -0.2) is 0 Å². The van der Waals surface area contributed by atoms with Crippen LogP contribution in [0.1, 0.15) is 18.1 Å². The second-order valence-electron chi connectivity index (χ2n) is 6.83. The monoisotopic (exact) mass is 388 g/mol. The van der Waals surface area contributed by atoms with E-state index in [2.05, 4.69) is 21.9 Å². The maximum Gasteiger partial charge on any atom is 0.189 e. The highest BCUT2D eigenvalue weighted by molar-refractivity contribution is 6.30. The quantitative estimate of drug-likeness (QED) is 0.775. The van der Waals surface area contributed by atoms with E-state index >= 15 is 0 Å². The lowest BCUT2D eigenvalue weighted by Crippen LogP contribution is -2.46. The molecule has 4 rings (SSSR count). The van der Waals surface area contributed by atoms with Gasteiger partial charge in [0.15, 0.2) is 6.79 Å². The molecule has 2 aromatic rings. The van der Waals surface area contributed by atoms with Crippen LogP contribution in [0.2, 0.25) is 5.02 Å². The molecule has 144 valence electrons. The van der Waals surface area contributed by atoms with E-state index in [0.717, 1.165) is 60.4 Å². The zero-order valence-corrected chi connectivity index (χ0v) is 16.4. The molecule has 0 spiro atoms. The SMILES string of the molecule is CCOc1ccccc1N1CCN(Cc2cc(Cl)cc3c2OCOC3)CC1. The average molecular weight is 389 g/mol. The molecule has 0 unspecified atom stereocenters. The van der Waals surface area contributed by atoms with E-state index in [1.165, 1.54) is 5.69 Å². The summed E-state index contributed by atoms with van der Waals surface area (Å²) in [5, 5.41) is 0.738. The van der Waals surface area contributed by atoms with Gasteiger partial charge in [0.05, 0.1) is 18.9 Å². The van der Waals surface area contributed by atoms with Crippen molar-refractivity contribution in [2.75, 3.05) is 44.5 Å². The summed E-state index contributed by atoms with van der Waals surface area (Å²) in [6.07, 6.45) is 0. The largest absolute Gasteiger partial charge is 0.492 e. The first kappa shape index (κ1) is 18.4. The first-order chi connectivity index (χ1) is 13.2. The lowest BCUT2D eigenvalue weighted by Gasteiger charge is -2.37. The Kier molecular flexibility index (Phi) is 5.72. The predicted molar refractivity (Wildman–Crippen MR) is 107 cm³/mol. The van der Waals surface area contributed by atoms with Crippen molar-refractivity contribution < 1.29 is 14.2 Å². The number of fused-ring (bicyclic) bond motifs is 1. The van der Waals surface area contributed by atoms with E-state index in [0.29, 0.717) is 20.0 Å². The van der Waals surface area contributed by atoms with Crippen LogP contribution in [0.5, 0.6) is 11.5 Å². The summed E-state index contributed by atoms with van der Waals surface area (Å²) >= 11 is 6.30. The Balaban J connectivity index is 1.43. The van der Waals surface area contributed by atoms with Gasteiger partial charge in [0.2, 0.25) is 0 Å². The van der Waals surface area contributed by atoms with Crippen LogP contribution in [0.3, 0.4) is 0 Å². The third-order valence-electron chi connectivity index (χ3n) is 5.02. The van der Waals surface area contributed by atoms with Crippen LogP contribution in [0, 0.1) is 0 Å². The molecule has 0 radical (unpaired) electrons. The van der Waals surface area contributed by atoms with E-state index in [-0.39, 0.29) is 0 Å². The molecule has 27 heavy (non-hydrogen) atoms. The van der Waals surface area contributed by atoms with Crippen LogP contribution >= 0.6 is 11.6 Å². The number of rotatable bonds is 5. The molecule has 2 aromatic carbocycles. The van der Waals surface area contributed by atoms with Crippen LogP contribution in [-0.4, -0.2) is 44.5 Å². The molecule has 0 aromatic heterocycles. The van der Waals surface area contributed by atoms with Gasteiger partial charge in [-0.05, 0) is 31.2 Å². The number of anilines is 1. The number of para-hydroxylation sites is 2. The summed E-state index contributed by atoms with van der Waals surface area (Å²) in [5.74, 6) is 1.90. The normalized spacial score (nSPS) is 17.3. The summed E-state index contributed by atoms with van der Waals surface area (Å²) in [7, 11) is 0. The van der Waals surface area contributed by atoms with Gasteiger partial charge in [-0.2, -0.15) is 0 Å². The molecule has 0 bridgehead atoms. The van der Waals surface area contributed by atoms with Crippen LogP contribution in [0.25, 0.3) is 0 Å². The van der Waals surface area contributed by atoms with Crippen molar-refractivity contribution in [2.24, 2.45) is 0 Å². The Bertz CT molecular complexity index is 791. The zero-order valence-electron chi connectivity index (χ0n) is 15.6. The minimum atomic E-state index is 0.309. The van der Waals surface area contributed by atoms with Gasteiger partial charge in [0.25, 0.3) is 0 Å². The van der Waals surface area contributed by atoms with E-state index in [9.17, 15) is 0 Å². The van der Waals surface area contributed by atoms with Crippen LogP contribution in [0.4, 0.5) is 5.69 Å². The van der Waals surface area contributed by atoms with Crippen molar-refractivity contribution in [2.45, 2.75) is 20.1 Å². The lowest BCUT2D eigenvalue weighted by atomic mass is 10.1. The molecule has 1 saturated heterocycles. The van der Waals surface area contributed by atoms with E-state index < -0.39 is 0 Å². The Morgan fingerprint density at radius 2 is 1.93 bits per heavy atom. The number of ether oxygens (including phenoxy) is 3. The number of hydrogen-bond acceptors (Lipinski definition) is 5. The van der Waals surface area contributed by atoms with Crippen molar-refractivity contribution in [1.82, 2.24) is 4.90 Å². The molecule has 1 fully saturated rings. The number of benzene rings is 2. The van der Waals surface area contributed by atoms with Crippen LogP contribution in [0.15, 0.2) is 36.4 Å². The second kappa shape index (κ2) is 8.38. The molecule has 0 amide bonds. The zero-order chi connectivity index (χ0) is 18.6. The van der Waals surface area contributed by atoms with Gasteiger partial charge in [-0.15, -0.1) is 0 Å². The first-order valence-corrected chi connectivity index (χ1v) is 9.83. The Labute approximate surface area is 165 Å². The van der Waals surface area contributed by atoms with Gasteiger partial charge in [-0.1, -0.05) is 23.7 Å². The molecule has 0 saturated carbocycles. The van der Waals surface area contributed by atoms with Gasteiger partial charge in [-0.3, -0.25) is 4.90 Å². The van der Waals surface area contributed by atoms with Crippen molar-refractivity contribution in [3.8, 4) is 11.5 Å². The lowest BCUT2D eigenvalue weighted by molar-refractivity contribution is -0.0174. The fourth-order valence-electron chi connectivity index (χ4n) is 3.76. The molecule has 0 atom stereocenters. The van der Waals surface area contributed by atoms with Crippen molar-refractivity contribution in [3.63, 3.8) is 0 Å². The Morgan fingerprint density at radius 3 is 2.74 bits per heavy atom. The molecule has 0 N–H and O–H groups in total. The van der Waals surface area contributed by atoms with Crippen molar-refractivity contribution in [3.05, 3.63) is 52.5 Å². The fourth-order valence-corrected chi connectivity index (χ4v) is 4.02. The molecular formula is C21H25ClN2O3. The van der Waals surface area contributed by atoms with Crippen molar-refractivity contribution in [1.29, 1.82) is 0 Å². The number of hydrogen-bond donors (Lipinski definition) is 0. The van der Waals surface area contributed by atoms with Gasteiger partial charge >= 0.3 is 0 Å². The molecular weight excluding hydrogens is 364 g/mol. The summed E-state index contributed by atoms with van der Waals surface area (Å²) < 4.78 is 16.9.